The molecule has 2 aromatic carbocycles. The Kier molecular flexibility index (Phi) is 5.45. The van der Waals surface area contributed by atoms with E-state index < -0.39 is 0 Å². The Morgan fingerprint density at radius 2 is 1.67 bits per heavy atom. The first-order valence-electron chi connectivity index (χ1n) is 7.04. The Labute approximate surface area is 131 Å². The molecule has 0 saturated carbocycles. The number of aliphatic imine (C=N–C) groups is 1. The average Bonchev–Trinajstić information content (AvgIpc) is 2.47. The van der Waals surface area contributed by atoms with Crippen molar-refractivity contribution in [2.75, 3.05) is 18.2 Å². The van der Waals surface area contributed by atoms with Gasteiger partial charge in [0.25, 0.3) is 0 Å². The van der Waals surface area contributed by atoms with Gasteiger partial charge in [0.05, 0.1) is 6.54 Å². The molecule has 0 aliphatic carbocycles. The van der Waals surface area contributed by atoms with E-state index in [1.54, 1.807) is 11.8 Å². The second-order valence-corrected chi connectivity index (χ2v) is 5.97. The Morgan fingerprint density at radius 3 is 2.24 bits per heavy atom. The molecule has 0 aromatic heterocycles. The zero-order chi connectivity index (χ0) is 15.2. The lowest BCUT2D eigenvalue weighted by Crippen LogP contribution is -2.23. The molecule has 0 fully saturated rings. The van der Waals surface area contributed by atoms with Crippen LogP contribution < -0.4 is 4.90 Å². The fourth-order valence-electron chi connectivity index (χ4n) is 2.30. The molecule has 0 aliphatic heterocycles. The molecule has 3 heteroatoms. The van der Waals surface area contributed by atoms with E-state index in [4.69, 9.17) is 4.99 Å². The van der Waals surface area contributed by atoms with E-state index in [1.807, 2.05) is 6.07 Å². The van der Waals surface area contributed by atoms with Gasteiger partial charge >= 0.3 is 0 Å². The largest absolute Gasteiger partial charge is 0.324 e. The fourth-order valence-corrected chi connectivity index (χ4v) is 2.88. The van der Waals surface area contributed by atoms with Gasteiger partial charge in [-0.05, 0) is 48.9 Å². The molecule has 0 heterocycles. The van der Waals surface area contributed by atoms with Gasteiger partial charge in [-0.1, -0.05) is 48.2 Å². The van der Waals surface area contributed by atoms with E-state index in [1.165, 1.54) is 22.4 Å². The molecule has 21 heavy (non-hydrogen) atoms. The Morgan fingerprint density at radius 1 is 1.05 bits per heavy atom. The average molecular weight is 298 g/mol. The Bertz CT molecular complexity index is 600. The minimum Gasteiger partial charge on any atom is -0.324 e. The monoisotopic (exact) mass is 298 g/mol. The lowest BCUT2D eigenvalue weighted by molar-refractivity contribution is 1.06. The van der Waals surface area contributed by atoms with Crippen molar-refractivity contribution in [1.29, 1.82) is 0 Å². The molecule has 2 nitrogen and oxygen atoms in total. The zero-order valence-corrected chi connectivity index (χ0v) is 13.9. The highest BCUT2D eigenvalue weighted by atomic mass is 32.2. The van der Waals surface area contributed by atoms with E-state index in [-0.39, 0.29) is 0 Å². The minimum atomic E-state index is 0.714. The highest BCUT2D eigenvalue weighted by Crippen LogP contribution is 2.20. The maximum atomic E-state index is 4.75. The molecular formula is C18H22N2S. The predicted molar refractivity (Wildman–Crippen MR) is 95.4 cm³/mol. The van der Waals surface area contributed by atoms with Crippen LogP contribution in [-0.2, 0) is 6.54 Å². The molecular weight excluding hydrogens is 276 g/mol. The number of amidine groups is 1. The number of hydrogen-bond acceptors (Lipinski definition) is 2. The number of hydrogen-bond donors (Lipinski definition) is 0. The van der Waals surface area contributed by atoms with Crippen molar-refractivity contribution in [3.63, 3.8) is 0 Å². The quantitative estimate of drug-likeness (QED) is 0.605. The van der Waals surface area contributed by atoms with Gasteiger partial charge in [-0.25, -0.2) is 0 Å². The molecule has 0 amide bonds. The van der Waals surface area contributed by atoms with Crippen LogP contribution in [0.5, 0.6) is 0 Å². The second-order valence-electron chi connectivity index (χ2n) is 5.19. The smallest absolute Gasteiger partial charge is 0.163 e. The SMILES string of the molecule is CSC(=NCc1ccccc1)N(C)c1cc(C)cc(C)c1. The minimum absolute atomic E-state index is 0.714. The number of benzene rings is 2. The van der Waals surface area contributed by atoms with Crippen molar-refractivity contribution < 1.29 is 0 Å². The zero-order valence-electron chi connectivity index (χ0n) is 13.1. The molecule has 110 valence electrons. The van der Waals surface area contributed by atoms with Gasteiger partial charge in [-0.2, -0.15) is 0 Å². The molecule has 2 rings (SSSR count). The molecule has 0 N–H and O–H groups in total. The van der Waals surface area contributed by atoms with E-state index in [0.29, 0.717) is 6.54 Å². The van der Waals surface area contributed by atoms with Gasteiger partial charge in [-0.3, -0.25) is 4.99 Å². The van der Waals surface area contributed by atoms with Crippen LogP contribution in [0.4, 0.5) is 5.69 Å². The summed E-state index contributed by atoms with van der Waals surface area (Å²) < 4.78 is 0. The van der Waals surface area contributed by atoms with Gasteiger partial charge in [0.2, 0.25) is 0 Å². The molecule has 2 aromatic rings. The van der Waals surface area contributed by atoms with Gasteiger partial charge < -0.3 is 4.90 Å². The van der Waals surface area contributed by atoms with Crippen LogP contribution in [0.3, 0.4) is 0 Å². The maximum Gasteiger partial charge on any atom is 0.163 e. The van der Waals surface area contributed by atoms with Crippen molar-refractivity contribution in [3.05, 3.63) is 65.2 Å². The van der Waals surface area contributed by atoms with Crippen LogP contribution in [0.1, 0.15) is 16.7 Å². The summed E-state index contributed by atoms with van der Waals surface area (Å²) in [7, 11) is 2.08. The van der Waals surface area contributed by atoms with E-state index in [2.05, 4.69) is 74.5 Å². The summed E-state index contributed by atoms with van der Waals surface area (Å²) in [6, 6.07) is 16.9. The third kappa shape index (κ3) is 4.36. The highest BCUT2D eigenvalue weighted by Gasteiger charge is 2.08. The third-order valence-electron chi connectivity index (χ3n) is 3.30. The van der Waals surface area contributed by atoms with Crippen molar-refractivity contribution in [2.45, 2.75) is 20.4 Å². The van der Waals surface area contributed by atoms with Gasteiger partial charge in [-0.15, -0.1) is 0 Å². The van der Waals surface area contributed by atoms with Gasteiger partial charge in [0.1, 0.15) is 0 Å². The molecule has 0 atom stereocenters. The van der Waals surface area contributed by atoms with Gasteiger partial charge in [0, 0.05) is 12.7 Å². The topological polar surface area (TPSA) is 15.6 Å². The molecule has 0 unspecified atom stereocenters. The summed E-state index contributed by atoms with van der Waals surface area (Å²) in [5.74, 6) is 0. The van der Waals surface area contributed by atoms with Crippen molar-refractivity contribution in [3.8, 4) is 0 Å². The Hall–Kier alpha value is -1.74. The fraction of sp³-hybridized carbons (Fsp3) is 0.278. The molecule has 0 saturated heterocycles. The second kappa shape index (κ2) is 7.32. The lowest BCUT2D eigenvalue weighted by atomic mass is 10.1. The first-order chi connectivity index (χ1) is 10.1. The van der Waals surface area contributed by atoms with E-state index in [9.17, 15) is 0 Å². The summed E-state index contributed by atoms with van der Waals surface area (Å²) in [5.41, 5.74) is 4.98. The van der Waals surface area contributed by atoms with Crippen molar-refractivity contribution in [2.24, 2.45) is 4.99 Å². The summed E-state index contributed by atoms with van der Waals surface area (Å²) >= 11 is 1.68. The number of anilines is 1. The van der Waals surface area contributed by atoms with Crippen molar-refractivity contribution in [1.82, 2.24) is 0 Å². The number of nitrogens with zero attached hydrogens (tertiary/aromatic N) is 2. The third-order valence-corrected chi connectivity index (χ3v) is 4.07. The highest BCUT2D eigenvalue weighted by molar-refractivity contribution is 8.13. The molecule has 0 aliphatic rings. The first kappa shape index (κ1) is 15.6. The van der Waals surface area contributed by atoms with Crippen LogP contribution in [0.2, 0.25) is 0 Å². The Balaban J connectivity index is 2.19. The predicted octanol–water partition coefficient (Wildman–Crippen LogP) is 4.66. The number of aryl methyl sites for hydroxylation is 2. The number of thioether (sulfide) groups is 1. The van der Waals surface area contributed by atoms with E-state index in [0.717, 1.165) is 5.17 Å². The first-order valence-corrected chi connectivity index (χ1v) is 8.27. The summed E-state index contributed by atoms with van der Waals surface area (Å²) in [5, 5.41) is 1.03. The molecule has 0 bridgehead atoms. The van der Waals surface area contributed by atoms with Crippen LogP contribution in [0.25, 0.3) is 0 Å². The normalized spacial score (nSPS) is 11.5. The summed E-state index contributed by atoms with van der Waals surface area (Å²) in [4.78, 5) is 6.91. The van der Waals surface area contributed by atoms with Crippen LogP contribution in [-0.4, -0.2) is 18.5 Å². The van der Waals surface area contributed by atoms with Gasteiger partial charge in [0.15, 0.2) is 5.17 Å². The summed E-state index contributed by atoms with van der Waals surface area (Å²) in [6.45, 7) is 4.97. The standard InChI is InChI=1S/C18H22N2S/c1-14-10-15(2)12-17(11-14)20(3)18(21-4)19-13-16-8-6-5-7-9-16/h5-12H,13H2,1-4H3. The lowest BCUT2D eigenvalue weighted by Gasteiger charge is -2.21. The maximum absolute atomic E-state index is 4.75. The molecule has 0 radical (unpaired) electrons. The van der Waals surface area contributed by atoms with Crippen LogP contribution >= 0.6 is 11.8 Å². The number of rotatable bonds is 3. The van der Waals surface area contributed by atoms with Crippen LogP contribution in [0, 0.1) is 13.8 Å². The molecule has 0 spiro atoms. The van der Waals surface area contributed by atoms with Crippen molar-refractivity contribution >= 4 is 22.6 Å². The summed E-state index contributed by atoms with van der Waals surface area (Å²) in [6.07, 6.45) is 2.07. The van der Waals surface area contributed by atoms with Crippen LogP contribution in [0.15, 0.2) is 53.5 Å². The van der Waals surface area contributed by atoms with E-state index >= 15 is 0 Å².